The van der Waals surface area contributed by atoms with Gasteiger partial charge in [-0.3, -0.25) is 4.90 Å². The molecular formula is C16H21N3O. The van der Waals surface area contributed by atoms with E-state index in [0.717, 1.165) is 23.0 Å². The first kappa shape index (κ1) is 13.3. The van der Waals surface area contributed by atoms with Crippen LogP contribution in [0.3, 0.4) is 0 Å². The lowest BCUT2D eigenvalue weighted by molar-refractivity contribution is 0.0947. The molecule has 20 heavy (non-hydrogen) atoms. The third-order valence-electron chi connectivity index (χ3n) is 4.19. The lowest BCUT2D eigenvalue weighted by Crippen LogP contribution is -2.41. The van der Waals surface area contributed by atoms with Crippen molar-refractivity contribution < 1.29 is 5.11 Å². The molecule has 0 aliphatic heterocycles. The minimum atomic E-state index is 0.192. The molecule has 2 aromatic rings. The lowest BCUT2D eigenvalue weighted by Gasteiger charge is -2.37. The highest BCUT2D eigenvalue weighted by molar-refractivity contribution is 5.81. The minimum Gasteiger partial charge on any atom is -0.395 e. The predicted octanol–water partition coefficient (Wildman–Crippen LogP) is 2.16. The number of para-hydroxylation sites is 1. The van der Waals surface area contributed by atoms with Crippen LogP contribution in [0.5, 0.6) is 0 Å². The third-order valence-corrected chi connectivity index (χ3v) is 4.19. The first-order valence-electron chi connectivity index (χ1n) is 7.27. The van der Waals surface area contributed by atoms with Gasteiger partial charge < -0.3 is 10.8 Å². The first-order chi connectivity index (χ1) is 9.78. The highest BCUT2D eigenvalue weighted by Crippen LogP contribution is 2.27. The molecule has 0 atom stereocenters. The van der Waals surface area contributed by atoms with E-state index in [9.17, 15) is 5.11 Å². The van der Waals surface area contributed by atoms with E-state index in [-0.39, 0.29) is 6.61 Å². The quantitative estimate of drug-likeness (QED) is 0.875. The molecule has 4 heteroatoms. The number of aliphatic hydroxyl groups is 1. The van der Waals surface area contributed by atoms with Crippen molar-refractivity contribution in [3.05, 3.63) is 35.9 Å². The van der Waals surface area contributed by atoms with Crippen LogP contribution >= 0.6 is 0 Å². The molecule has 0 amide bonds. The van der Waals surface area contributed by atoms with Crippen LogP contribution in [-0.4, -0.2) is 34.2 Å². The summed E-state index contributed by atoms with van der Waals surface area (Å²) in [5.74, 6) is 0.603. The molecule has 1 fully saturated rings. The number of aliphatic hydroxyl groups excluding tert-OH is 1. The summed E-state index contributed by atoms with van der Waals surface area (Å²) >= 11 is 0. The Morgan fingerprint density at radius 1 is 1.30 bits per heavy atom. The minimum absolute atomic E-state index is 0.192. The maximum atomic E-state index is 9.24. The molecule has 1 aromatic carbocycles. The highest BCUT2D eigenvalue weighted by Gasteiger charge is 2.25. The van der Waals surface area contributed by atoms with Crippen molar-refractivity contribution in [2.75, 3.05) is 18.9 Å². The summed E-state index contributed by atoms with van der Waals surface area (Å²) in [6.07, 6.45) is 3.74. The van der Waals surface area contributed by atoms with E-state index < -0.39 is 0 Å². The Bertz CT molecular complexity index is 595. The molecule has 0 spiro atoms. The molecule has 1 heterocycles. The molecule has 4 nitrogen and oxygen atoms in total. The van der Waals surface area contributed by atoms with Crippen molar-refractivity contribution in [3.8, 4) is 0 Å². The normalized spacial score (nSPS) is 15.7. The van der Waals surface area contributed by atoms with E-state index >= 15 is 0 Å². The van der Waals surface area contributed by atoms with Crippen molar-refractivity contribution in [1.82, 2.24) is 9.88 Å². The molecule has 0 radical (unpaired) electrons. The van der Waals surface area contributed by atoms with Gasteiger partial charge in [-0.25, -0.2) is 4.98 Å². The number of nitrogen functional groups attached to an aromatic ring is 1. The average molecular weight is 271 g/mol. The number of benzene rings is 1. The van der Waals surface area contributed by atoms with Crippen molar-refractivity contribution in [1.29, 1.82) is 0 Å². The SMILES string of the molecule is Nc1nc2ccccc2cc1CN(CCO)C1CCC1. The smallest absolute Gasteiger partial charge is 0.128 e. The second-order valence-electron chi connectivity index (χ2n) is 5.50. The van der Waals surface area contributed by atoms with Crippen LogP contribution in [0, 0.1) is 0 Å². The second kappa shape index (κ2) is 5.77. The summed E-state index contributed by atoms with van der Waals surface area (Å²) in [6, 6.07) is 10.7. The van der Waals surface area contributed by atoms with Crippen LogP contribution in [0.1, 0.15) is 24.8 Å². The van der Waals surface area contributed by atoms with Gasteiger partial charge in [0, 0.05) is 30.1 Å². The van der Waals surface area contributed by atoms with Crippen LogP contribution in [0.2, 0.25) is 0 Å². The molecule has 1 saturated carbocycles. The number of hydrogen-bond donors (Lipinski definition) is 2. The van der Waals surface area contributed by atoms with Gasteiger partial charge in [-0.2, -0.15) is 0 Å². The number of pyridine rings is 1. The van der Waals surface area contributed by atoms with Crippen molar-refractivity contribution >= 4 is 16.7 Å². The zero-order valence-electron chi connectivity index (χ0n) is 11.6. The van der Waals surface area contributed by atoms with E-state index in [2.05, 4.69) is 22.0 Å². The molecule has 0 saturated heterocycles. The molecule has 3 N–H and O–H groups in total. The lowest BCUT2D eigenvalue weighted by atomic mass is 9.91. The predicted molar refractivity (Wildman–Crippen MR) is 81.3 cm³/mol. The number of fused-ring (bicyclic) bond motifs is 1. The number of aromatic nitrogens is 1. The summed E-state index contributed by atoms with van der Waals surface area (Å²) in [6.45, 7) is 1.67. The maximum Gasteiger partial charge on any atom is 0.128 e. The van der Waals surface area contributed by atoms with Crippen LogP contribution < -0.4 is 5.73 Å². The zero-order chi connectivity index (χ0) is 13.9. The summed E-state index contributed by atoms with van der Waals surface area (Å²) in [7, 11) is 0. The fourth-order valence-corrected chi connectivity index (χ4v) is 2.79. The number of nitrogens with zero attached hydrogens (tertiary/aromatic N) is 2. The standard InChI is InChI=1S/C16H21N3O/c17-16-13(10-12-4-1-2-7-15(12)18-16)11-19(8-9-20)14-5-3-6-14/h1-2,4,7,10,14,20H,3,5-6,8-9,11H2,(H2,17,18). The maximum absolute atomic E-state index is 9.24. The van der Waals surface area contributed by atoms with Crippen LogP contribution in [0.4, 0.5) is 5.82 Å². The molecule has 3 rings (SSSR count). The fraction of sp³-hybridized carbons (Fsp3) is 0.438. The molecule has 0 unspecified atom stereocenters. The Morgan fingerprint density at radius 3 is 2.80 bits per heavy atom. The zero-order valence-corrected chi connectivity index (χ0v) is 11.6. The third kappa shape index (κ3) is 2.62. The molecule has 1 aromatic heterocycles. The summed E-state index contributed by atoms with van der Waals surface area (Å²) in [5.41, 5.74) is 8.09. The van der Waals surface area contributed by atoms with Gasteiger partial charge in [-0.15, -0.1) is 0 Å². The second-order valence-corrected chi connectivity index (χ2v) is 5.50. The van der Waals surface area contributed by atoms with Gasteiger partial charge in [0.25, 0.3) is 0 Å². The van der Waals surface area contributed by atoms with Gasteiger partial charge in [0.2, 0.25) is 0 Å². The van der Waals surface area contributed by atoms with Gasteiger partial charge in [0.1, 0.15) is 5.82 Å². The molecule has 106 valence electrons. The first-order valence-corrected chi connectivity index (χ1v) is 7.27. The van der Waals surface area contributed by atoms with E-state index in [0.29, 0.717) is 18.4 Å². The van der Waals surface area contributed by atoms with E-state index in [4.69, 9.17) is 5.73 Å². The molecule has 1 aliphatic carbocycles. The van der Waals surface area contributed by atoms with Gasteiger partial charge in [-0.05, 0) is 25.0 Å². The Labute approximate surface area is 119 Å². The number of hydrogen-bond acceptors (Lipinski definition) is 4. The Hall–Kier alpha value is -1.65. The van der Waals surface area contributed by atoms with Crippen molar-refractivity contribution in [2.45, 2.75) is 31.8 Å². The van der Waals surface area contributed by atoms with E-state index in [1.807, 2.05) is 18.2 Å². The van der Waals surface area contributed by atoms with E-state index in [1.165, 1.54) is 19.3 Å². The van der Waals surface area contributed by atoms with Gasteiger partial charge in [0.05, 0.1) is 12.1 Å². The monoisotopic (exact) mass is 271 g/mol. The summed E-state index contributed by atoms with van der Waals surface area (Å²) < 4.78 is 0. The summed E-state index contributed by atoms with van der Waals surface area (Å²) in [4.78, 5) is 6.81. The van der Waals surface area contributed by atoms with Gasteiger partial charge in [0.15, 0.2) is 0 Å². The largest absolute Gasteiger partial charge is 0.395 e. The Balaban J connectivity index is 1.86. The molecule has 0 bridgehead atoms. The Morgan fingerprint density at radius 2 is 2.10 bits per heavy atom. The highest BCUT2D eigenvalue weighted by atomic mass is 16.3. The number of nitrogens with two attached hydrogens (primary N) is 1. The summed E-state index contributed by atoms with van der Waals surface area (Å²) in [5, 5.41) is 10.4. The molecule has 1 aliphatic rings. The van der Waals surface area contributed by atoms with Crippen molar-refractivity contribution in [2.24, 2.45) is 0 Å². The van der Waals surface area contributed by atoms with Crippen molar-refractivity contribution in [3.63, 3.8) is 0 Å². The topological polar surface area (TPSA) is 62.4 Å². The Kier molecular flexibility index (Phi) is 3.85. The van der Waals surface area contributed by atoms with E-state index in [1.54, 1.807) is 0 Å². The average Bonchev–Trinajstić information content (AvgIpc) is 2.38. The van der Waals surface area contributed by atoms with Gasteiger partial charge >= 0.3 is 0 Å². The van der Waals surface area contributed by atoms with Gasteiger partial charge in [-0.1, -0.05) is 24.6 Å². The number of rotatable bonds is 5. The van der Waals surface area contributed by atoms with Crippen LogP contribution in [-0.2, 0) is 6.54 Å². The van der Waals surface area contributed by atoms with Crippen LogP contribution in [0.25, 0.3) is 10.9 Å². The molecular weight excluding hydrogens is 250 g/mol. The van der Waals surface area contributed by atoms with Crippen LogP contribution in [0.15, 0.2) is 30.3 Å². The fourth-order valence-electron chi connectivity index (χ4n) is 2.79. The number of anilines is 1.